The molecule has 0 bridgehead atoms. The zero-order chi connectivity index (χ0) is 29.4. The third kappa shape index (κ3) is 4.42. The van der Waals surface area contributed by atoms with Crippen LogP contribution in [0.15, 0.2) is 0 Å². The second kappa shape index (κ2) is 8.02. The molecule has 0 atom stereocenters. The van der Waals surface area contributed by atoms with Crippen molar-refractivity contribution in [1.82, 2.24) is 15.0 Å². The van der Waals surface area contributed by atoms with E-state index in [1.807, 2.05) is 0 Å². The Labute approximate surface area is 180 Å². The molecule has 1 heterocycles. The Morgan fingerprint density at radius 3 is 0.444 bits per heavy atom. The summed E-state index contributed by atoms with van der Waals surface area (Å²) in [6, 6.07) is 0. The maximum absolute atomic E-state index is 14.1. The Bertz CT molecular complexity index is 779. The molecule has 0 N–H and O–H groups in total. The summed E-state index contributed by atoms with van der Waals surface area (Å²) in [5.74, 6) is -13.4. The third-order valence-corrected chi connectivity index (χ3v) is 3.90. The molecule has 0 radical (unpaired) electrons. The molecule has 0 aliphatic carbocycles. The number of rotatable bonds is 3. The minimum absolute atomic E-state index is 0.967. The van der Waals surface area contributed by atoms with E-state index in [4.69, 9.17) is 0 Å². The lowest BCUT2D eigenvalue weighted by Gasteiger charge is -2.33. The van der Waals surface area contributed by atoms with Crippen LogP contribution in [-0.2, 0) is 17.0 Å². The van der Waals surface area contributed by atoms with Gasteiger partial charge in [0.25, 0.3) is 0 Å². The lowest BCUT2D eigenvalue weighted by atomic mass is 9.99. The minimum atomic E-state index is -7.72. The van der Waals surface area contributed by atoms with Crippen molar-refractivity contribution in [1.29, 1.82) is 0 Å². The van der Waals surface area contributed by atoms with E-state index in [0.717, 1.165) is 15.0 Å². The van der Waals surface area contributed by atoms with Gasteiger partial charge in [-0.1, -0.05) is 0 Å². The summed E-state index contributed by atoms with van der Waals surface area (Å²) < 4.78 is 273. The molecular formula is C12F21N3. The van der Waals surface area contributed by atoms with Crippen LogP contribution in [0.25, 0.3) is 0 Å². The van der Waals surface area contributed by atoms with Gasteiger partial charge in [-0.05, 0) is 0 Å². The molecular weight excluding hydrogens is 585 g/mol. The molecule has 0 saturated heterocycles. The van der Waals surface area contributed by atoms with Gasteiger partial charge in [0.15, 0.2) is 17.5 Å². The van der Waals surface area contributed by atoms with Crippen LogP contribution in [0.4, 0.5) is 92.2 Å². The molecule has 0 fully saturated rings. The van der Waals surface area contributed by atoms with Crippen molar-refractivity contribution in [3.63, 3.8) is 0 Å². The fourth-order valence-electron chi connectivity index (χ4n) is 2.08. The van der Waals surface area contributed by atoms with E-state index in [0.29, 0.717) is 0 Å². The van der Waals surface area contributed by atoms with Crippen LogP contribution in [0, 0.1) is 0 Å². The van der Waals surface area contributed by atoms with Crippen LogP contribution in [0.1, 0.15) is 17.5 Å². The summed E-state index contributed by atoms with van der Waals surface area (Å²) >= 11 is 0. The van der Waals surface area contributed by atoms with Gasteiger partial charge < -0.3 is 0 Å². The first-order valence-corrected chi connectivity index (χ1v) is 7.56. The van der Waals surface area contributed by atoms with Gasteiger partial charge in [-0.3, -0.25) is 0 Å². The molecule has 210 valence electrons. The normalized spacial score (nSPS) is 15.9. The fraction of sp³-hybridized carbons (Fsp3) is 0.750. The number of halogens is 21. The third-order valence-electron chi connectivity index (χ3n) is 3.90. The Kier molecular flexibility index (Phi) is 7.03. The summed E-state index contributed by atoms with van der Waals surface area (Å²) in [6.45, 7) is 0. The molecule has 0 unspecified atom stereocenters. The van der Waals surface area contributed by atoms with Crippen LogP contribution in [0.3, 0.4) is 0 Å². The van der Waals surface area contributed by atoms with E-state index in [-0.39, 0.29) is 0 Å². The average molecular weight is 585 g/mol. The molecule has 36 heavy (non-hydrogen) atoms. The van der Waals surface area contributed by atoms with Crippen LogP contribution in [-0.4, -0.2) is 52.0 Å². The Morgan fingerprint density at radius 2 is 0.361 bits per heavy atom. The highest BCUT2D eigenvalue weighted by atomic mass is 19.4. The van der Waals surface area contributed by atoms with Crippen molar-refractivity contribution in [3.05, 3.63) is 17.5 Å². The standard InChI is InChI=1S/C12F21N3/c13-4(7(16,17)18,8(19,20)21)1-34-2(5(14,9(22,23)24)10(25,26)27)36-3(35-1)6(15,11(28,29)30)12(31,32)33. The highest BCUT2D eigenvalue weighted by Crippen LogP contribution is 2.57. The molecule has 3 nitrogen and oxygen atoms in total. The molecule has 1 aromatic rings. The maximum atomic E-state index is 14.1. The largest absolute Gasteiger partial charge is 0.439 e. The maximum Gasteiger partial charge on any atom is 0.439 e. The summed E-state index contributed by atoms with van der Waals surface area (Å²) in [4.78, 5) is 2.90. The van der Waals surface area contributed by atoms with Gasteiger partial charge in [0.1, 0.15) is 0 Å². The molecule has 0 aliphatic heterocycles. The van der Waals surface area contributed by atoms with Crippen LogP contribution in [0.2, 0.25) is 0 Å². The Morgan fingerprint density at radius 1 is 0.250 bits per heavy atom. The van der Waals surface area contributed by atoms with Gasteiger partial charge in [-0.2, -0.15) is 79.0 Å². The van der Waals surface area contributed by atoms with Crippen LogP contribution in [0.5, 0.6) is 0 Å². The second-order valence-electron chi connectivity index (χ2n) is 6.27. The first-order chi connectivity index (χ1) is 15.3. The minimum Gasteiger partial charge on any atom is -0.214 e. The highest BCUT2D eigenvalue weighted by molar-refractivity contribution is 5.22. The predicted molar refractivity (Wildman–Crippen MR) is 64.5 cm³/mol. The molecule has 0 saturated carbocycles. The van der Waals surface area contributed by atoms with Crippen molar-refractivity contribution in [3.8, 4) is 0 Å². The van der Waals surface area contributed by atoms with Gasteiger partial charge in [0.05, 0.1) is 0 Å². The van der Waals surface area contributed by atoms with Gasteiger partial charge in [0, 0.05) is 0 Å². The number of hydrogen-bond acceptors (Lipinski definition) is 3. The van der Waals surface area contributed by atoms with Crippen molar-refractivity contribution < 1.29 is 92.2 Å². The smallest absolute Gasteiger partial charge is 0.214 e. The van der Waals surface area contributed by atoms with Gasteiger partial charge in [0.2, 0.25) is 0 Å². The first-order valence-electron chi connectivity index (χ1n) is 7.56. The lowest BCUT2D eigenvalue weighted by Crippen LogP contribution is -2.56. The molecule has 0 amide bonds. The summed E-state index contributed by atoms with van der Waals surface area (Å²) in [5, 5.41) is 0. The van der Waals surface area contributed by atoms with E-state index in [1.165, 1.54) is 0 Å². The molecule has 0 aromatic carbocycles. The monoisotopic (exact) mass is 585 g/mol. The summed E-state index contributed by atoms with van der Waals surface area (Å²) in [6.07, 6.45) is -46.3. The Hall–Kier alpha value is -2.46. The SMILES string of the molecule is FC(F)(F)C(F)(c1nc(C(F)(C(F)(F)F)C(F)(F)F)nc(C(F)(C(F)(F)F)C(F)(F)F)n1)C(F)(F)F. The van der Waals surface area contributed by atoms with Crippen molar-refractivity contribution >= 4 is 0 Å². The lowest BCUT2D eigenvalue weighted by molar-refractivity contribution is -0.358. The molecule has 0 spiro atoms. The first kappa shape index (κ1) is 31.6. The van der Waals surface area contributed by atoms with Crippen LogP contribution >= 0.6 is 0 Å². The van der Waals surface area contributed by atoms with Crippen molar-refractivity contribution in [2.24, 2.45) is 0 Å². The number of hydrogen-bond donors (Lipinski definition) is 0. The molecule has 0 aliphatic rings. The summed E-state index contributed by atoms with van der Waals surface area (Å²) in [7, 11) is 0. The Balaban J connectivity index is 4.55. The van der Waals surface area contributed by atoms with E-state index in [2.05, 4.69) is 0 Å². The van der Waals surface area contributed by atoms with Crippen LogP contribution < -0.4 is 0 Å². The van der Waals surface area contributed by atoms with Gasteiger partial charge >= 0.3 is 54.1 Å². The zero-order valence-corrected chi connectivity index (χ0v) is 15.3. The van der Waals surface area contributed by atoms with Gasteiger partial charge in [-0.25, -0.2) is 28.1 Å². The topological polar surface area (TPSA) is 38.7 Å². The zero-order valence-electron chi connectivity index (χ0n) is 15.3. The fourth-order valence-corrected chi connectivity index (χ4v) is 2.08. The molecule has 1 aromatic heterocycles. The predicted octanol–water partition coefficient (Wildman–Crippen LogP) is 6.74. The van der Waals surface area contributed by atoms with E-state index < -0.39 is 71.5 Å². The number of aromatic nitrogens is 3. The quantitative estimate of drug-likeness (QED) is 0.369. The average Bonchev–Trinajstić information content (AvgIpc) is 2.59. The van der Waals surface area contributed by atoms with Crippen molar-refractivity contribution in [2.75, 3.05) is 0 Å². The second-order valence-corrected chi connectivity index (χ2v) is 6.27. The van der Waals surface area contributed by atoms with E-state index >= 15 is 0 Å². The van der Waals surface area contributed by atoms with E-state index in [9.17, 15) is 92.2 Å². The van der Waals surface area contributed by atoms with Crippen molar-refractivity contribution in [2.45, 2.75) is 54.1 Å². The molecule has 24 heteroatoms. The highest BCUT2D eigenvalue weighted by Gasteiger charge is 2.81. The number of alkyl halides is 21. The van der Waals surface area contributed by atoms with E-state index in [1.54, 1.807) is 0 Å². The number of nitrogens with zero attached hydrogens (tertiary/aromatic N) is 3. The van der Waals surface area contributed by atoms with Gasteiger partial charge in [-0.15, -0.1) is 0 Å². The molecule has 1 rings (SSSR count). The summed E-state index contributed by atoms with van der Waals surface area (Å²) in [5.41, 5.74) is -22.7.